The minimum absolute atomic E-state index is 0.107. The molecule has 5 heteroatoms. The Labute approximate surface area is 120 Å². The largest absolute Gasteiger partial charge is 0.493 e. The lowest BCUT2D eigenvalue weighted by molar-refractivity contribution is -0.130. The average Bonchev–Trinajstić information content (AvgIpc) is 2.46. The summed E-state index contributed by atoms with van der Waals surface area (Å²) >= 11 is 0. The van der Waals surface area contributed by atoms with Gasteiger partial charge in [0.05, 0.1) is 14.2 Å². The maximum absolute atomic E-state index is 12.0. The van der Waals surface area contributed by atoms with Gasteiger partial charge in [0.25, 0.3) is 0 Å². The zero-order valence-corrected chi connectivity index (χ0v) is 12.7. The highest BCUT2D eigenvalue weighted by Gasteiger charge is 2.14. The molecule has 1 aromatic rings. The first-order valence-corrected chi connectivity index (χ1v) is 6.78. The van der Waals surface area contributed by atoms with Crippen LogP contribution in [0.15, 0.2) is 18.2 Å². The summed E-state index contributed by atoms with van der Waals surface area (Å²) in [6.45, 7) is 4.11. The fraction of sp³-hybridized carbons (Fsp3) is 0.533. The number of para-hydroxylation sites is 1. The van der Waals surface area contributed by atoms with Gasteiger partial charge in [0.15, 0.2) is 11.5 Å². The minimum atomic E-state index is 0.107. The number of benzene rings is 1. The lowest BCUT2D eigenvalue weighted by atomic mass is 10.1. The van der Waals surface area contributed by atoms with Gasteiger partial charge >= 0.3 is 0 Å². The van der Waals surface area contributed by atoms with Crippen molar-refractivity contribution in [1.82, 2.24) is 10.2 Å². The molecule has 112 valence electrons. The van der Waals surface area contributed by atoms with Gasteiger partial charge in [-0.25, -0.2) is 0 Å². The van der Waals surface area contributed by atoms with E-state index in [0.717, 1.165) is 12.1 Å². The first-order chi connectivity index (χ1) is 9.63. The molecule has 0 heterocycles. The molecule has 0 unspecified atom stereocenters. The zero-order valence-electron chi connectivity index (χ0n) is 12.7. The highest BCUT2D eigenvalue weighted by Crippen LogP contribution is 2.31. The van der Waals surface area contributed by atoms with Crippen molar-refractivity contribution >= 4 is 5.91 Å². The van der Waals surface area contributed by atoms with Crippen LogP contribution < -0.4 is 14.8 Å². The van der Waals surface area contributed by atoms with Crippen molar-refractivity contribution in [1.29, 1.82) is 0 Å². The van der Waals surface area contributed by atoms with Crippen LogP contribution in [0.1, 0.15) is 18.9 Å². The molecule has 0 saturated heterocycles. The molecule has 0 fully saturated rings. The molecule has 1 N–H and O–H groups in total. The van der Waals surface area contributed by atoms with Gasteiger partial charge in [0.2, 0.25) is 5.91 Å². The number of nitrogens with zero attached hydrogens (tertiary/aromatic N) is 1. The van der Waals surface area contributed by atoms with Crippen LogP contribution in [0.2, 0.25) is 0 Å². The predicted molar refractivity (Wildman–Crippen MR) is 79.2 cm³/mol. The van der Waals surface area contributed by atoms with Crippen molar-refractivity contribution in [2.24, 2.45) is 0 Å². The maximum atomic E-state index is 12.0. The van der Waals surface area contributed by atoms with E-state index in [1.807, 2.05) is 25.1 Å². The summed E-state index contributed by atoms with van der Waals surface area (Å²) in [7, 11) is 5.01. The van der Waals surface area contributed by atoms with Crippen molar-refractivity contribution in [3.63, 3.8) is 0 Å². The van der Waals surface area contributed by atoms with Crippen molar-refractivity contribution in [3.05, 3.63) is 23.8 Å². The summed E-state index contributed by atoms with van der Waals surface area (Å²) in [5, 5.41) is 3.15. The molecule has 0 aromatic heterocycles. The number of ether oxygens (including phenoxy) is 2. The molecule has 1 aromatic carbocycles. The molecule has 0 aliphatic heterocycles. The molecule has 0 bridgehead atoms. The van der Waals surface area contributed by atoms with Gasteiger partial charge in [0, 0.05) is 32.1 Å². The number of carbonyl (C=O) groups is 1. The SMILES string of the molecule is CCNCCC(=O)N(C)Cc1cccc(OC)c1OC. The molecule has 1 amide bonds. The fourth-order valence-electron chi connectivity index (χ4n) is 1.98. The summed E-state index contributed by atoms with van der Waals surface area (Å²) in [4.78, 5) is 13.7. The topological polar surface area (TPSA) is 50.8 Å². The summed E-state index contributed by atoms with van der Waals surface area (Å²) in [6, 6.07) is 5.68. The molecular formula is C15H24N2O3. The average molecular weight is 280 g/mol. The van der Waals surface area contributed by atoms with Crippen LogP contribution in [0.3, 0.4) is 0 Å². The third-order valence-electron chi connectivity index (χ3n) is 3.08. The van der Waals surface area contributed by atoms with Crippen LogP contribution in [0, 0.1) is 0 Å². The third-order valence-corrected chi connectivity index (χ3v) is 3.08. The van der Waals surface area contributed by atoms with Gasteiger partial charge in [-0.3, -0.25) is 4.79 Å². The Morgan fingerprint density at radius 3 is 2.65 bits per heavy atom. The number of hydrogen-bond acceptors (Lipinski definition) is 4. The number of nitrogens with one attached hydrogen (secondary N) is 1. The zero-order chi connectivity index (χ0) is 15.0. The lowest BCUT2D eigenvalue weighted by Gasteiger charge is -2.20. The molecule has 0 radical (unpaired) electrons. The molecule has 1 rings (SSSR count). The van der Waals surface area contributed by atoms with Crippen molar-refractivity contribution in [2.45, 2.75) is 19.9 Å². The standard InChI is InChI=1S/C15H24N2O3/c1-5-16-10-9-14(18)17(2)11-12-7-6-8-13(19-3)15(12)20-4/h6-8,16H,5,9-11H2,1-4H3. The maximum Gasteiger partial charge on any atom is 0.223 e. The smallest absolute Gasteiger partial charge is 0.223 e. The molecule has 0 saturated carbocycles. The second-order valence-electron chi connectivity index (χ2n) is 4.51. The van der Waals surface area contributed by atoms with Crippen LogP contribution >= 0.6 is 0 Å². The van der Waals surface area contributed by atoms with Crippen LogP contribution in [-0.4, -0.2) is 45.2 Å². The van der Waals surface area contributed by atoms with E-state index in [1.54, 1.807) is 26.2 Å². The first kappa shape index (κ1) is 16.3. The van der Waals surface area contributed by atoms with Crippen LogP contribution in [0.25, 0.3) is 0 Å². The molecule has 0 spiro atoms. The van der Waals surface area contributed by atoms with Crippen molar-refractivity contribution < 1.29 is 14.3 Å². The molecule has 0 aliphatic rings. The van der Waals surface area contributed by atoms with Crippen molar-refractivity contribution in [2.75, 3.05) is 34.4 Å². The van der Waals surface area contributed by atoms with Gasteiger partial charge in [-0.2, -0.15) is 0 Å². The van der Waals surface area contributed by atoms with E-state index in [1.165, 1.54) is 0 Å². The Hall–Kier alpha value is -1.75. The Kier molecular flexibility index (Phi) is 6.87. The Bertz CT molecular complexity index is 435. The minimum Gasteiger partial charge on any atom is -0.493 e. The summed E-state index contributed by atoms with van der Waals surface area (Å²) in [6.07, 6.45) is 0.497. The van der Waals surface area contributed by atoms with Crippen molar-refractivity contribution in [3.8, 4) is 11.5 Å². The van der Waals surface area contributed by atoms with E-state index in [9.17, 15) is 4.79 Å². The van der Waals surface area contributed by atoms with Gasteiger partial charge < -0.3 is 19.7 Å². The van der Waals surface area contributed by atoms with E-state index >= 15 is 0 Å². The van der Waals surface area contributed by atoms with Gasteiger partial charge in [-0.15, -0.1) is 0 Å². The number of hydrogen-bond donors (Lipinski definition) is 1. The highest BCUT2D eigenvalue weighted by molar-refractivity contribution is 5.76. The van der Waals surface area contributed by atoms with Crippen LogP contribution in [-0.2, 0) is 11.3 Å². The number of methoxy groups -OCH3 is 2. The van der Waals surface area contributed by atoms with Gasteiger partial charge in [-0.05, 0) is 12.6 Å². The monoisotopic (exact) mass is 280 g/mol. The number of carbonyl (C=O) groups excluding carboxylic acids is 1. The quantitative estimate of drug-likeness (QED) is 0.736. The molecule has 5 nitrogen and oxygen atoms in total. The second kappa shape index (κ2) is 8.43. The second-order valence-corrected chi connectivity index (χ2v) is 4.51. The fourth-order valence-corrected chi connectivity index (χ4v) is 1.98. The summed E-state index contributed by atoms with van der Waals surface area (Å²) < 4.78 is 10.6. The van der Waals surface area contributed by atoms with E-state index in [0.29, 0.717) is 31.0 Å². The first-order valence-electron chi connectivity index (χ1n) is 6.78. The van der Waals surface area contributed by atoms with E-state index in [-0.39, 0.29) is 5.91 Å². The van der Waals surface area contributed by atoms with E-state index < -0.39 is 0 Å². The van der Waals surface area contributed by atoms with E-state index in [2.05, 4.69) is 5.32 Å². The third kappa shape index (κ3) is 4.42. The molecule has 0 aliphatic carbocycles. The molecule has 20 heavy (non-hydrogen) atoms. The number of amides is 1. The van der Waals surface area contributed by atoms with Gasteiger partial charge in [0.1, 0.15) is 0 Å². The highest BCUT2D eigenvalue weighted by atomic mass is 16.5. The number of rotatable bonds is 8. The van der Waals surface area contributed by atoms with Crippen LogP contribution in [0.5, 0.6) is 11.5 Å². The lowest BCUT2D eigenvalue weighted by Crippen LogP contribution is -2.29. The molecular weight excluding hydrogens is 256 g/mol. The Morgan fingerprint density at radius 1 is 1.30 bits per heavy atom. The predicted octanol–water partition coefficient (Wildman–Crippen LogP) is 1.66. The van der Waals surface area contributed by atoms with E-state index in [4.69, 9.17) is 9.47 Å². The van der Waals surface area contributed by atoms with Gasteiger partial charge in [-0.1, -0.05) is 19.1 Å². The summed E-state index contributed by atoms with van der Waals surface area (Å²) in [5.41, 5.74) is 0.936. The molecule has 0 atom stereocenters. The normalized spacial score (nSPS) is 10.2. The Balaban J connectivity index is 2.70. The Morgan fingerprint density at radius 2 is 2.05 bits per heavy atom. The summed E-state index contributed by atoms with van der Waals surface area (Å²) in [5.74, 6) is 1.47. The van der Waals surface area contributed by atoms with Crippen LogP contribution in [0.4, 0.5) is 0 Å².